The summed E-state index contributed by atoms with van der Waals surface area (Å²) in [5.41, 5.74) is 2.85. The van der Waals surface area contributed by atoms with E-state index in [1.54, 1.807) is 32.2 Å². The van der Waals surface area contributed by atoms with Gasteiger partial charge in [-0.1, -0.05) is 6.92 Å². The zero-order valence-corrected chi connectivity index (χ0v) is 17.1. The van der Waals surface area contributed by atoms with E-state index in [1.165, 1.54) is 31.5 Å². The van der Waals surface area contributed by atoms with Gasteiger partial charge in [-0.2, -0.15) is 0 Å². The quantitative estimate of drug-likeness (QED) is 0.812. The average molecular weight is 389 g/mol. The normalized spacial score (nSPS) is 23.7. The van der Waals surface area contributed by atoms with Crippen molar-refractivity contribution in [2.45, 2.75) is 50.1 Å². The number of methoxy groups -OCH3 is 1. The number of H-pyrrole nitrogens is 1. The summed E-state index contributed by atoms with van der Waals surface area (Å²) in [4.78, 5) is 6.47. The predicted octanol–water partition coefficient (Wildman–Crippen LogP) is 4.03. The molecule has 1 N–H and O–H groups in total. The first-order valence-corrected chi connectivity index (χ1v) is 11.4. The van der Waals surface area contributed by atoms with Crippen molar-refractivity contribution in [2.75, 3.05) is 19.4 Å². The van der Waals surface area contributed by atoms with E-state index in [2.05, 4.69) is 22.9 Å². The molecule has 4 rings (SSSR count). The molecule has 1 aliphatic carbocycles. The van der Waals surface area contributed by atoms with Crippen molar-refractivity contribution in [1.82, 2.24) is 9.88 Å². The number of hydrogen-bond donors (Lipinski definition) is 1. The number of aromatic amines is 1. The van der Waals surface area contributed by atoms with E-state index in [-0.39, 0.29) is 5.75 Å². The minimum Gasteiger partial charge on any atom is -0.496 e. The van der Waals surface area contributed by atoms with Gasteiger partial charge in [-0.05, 0) is 62.4 Å². The van der Waals surface area contributed by atoms with Crippen LogP contribution in [0.4, 0.5) is 0 Å². The SMILES string of the molecule is CCS(=O)(=O)c1ccc(OC)c(-c2ccc(C(C)N3CC4CCC3C4)[nH]2)c1. The number of ether oxygens (including phenoxy) is 1. The van der Waals surface area contributed by atoms with Gasteiger partial charge in [-0.15, -0.1) is 0 Å². The van der Waals surface area contributed by atoms with E-state index in [1.807, 2.05) is 6.07 Å². The molecule has 27 heavy (non-hydrogen) atoms. The molecule has 146 valence electrons. The molecular weight excluding hydrogens is 360 g/mol. The molecule has 2 aromatic rings. The number of benzene rings is 1. The van der Waals surface area contributed by atoms with Crippen molar-refractivity contribution >= 4 is 9.84 Å². The molecule has 1 saturated carbocycles. The Morgan fingerprint density at radius 1 is 1.26 bits per heavy atom. The van der Waals surface area contributed by atoms with Crippen molar-refractivity contribution in [3.63, 3.8) is 0 Å². The summed E-state index contributed by atoms with van der Waals surface area (Å²) in [6, 6.07) is 10.3. The monoisotopic (exact) mass is 388 g/mol. The molecule has 1 aromatic heterocycles. The zero-order chi connectivity index (χ0) is 19.2. The number of hydrogen-bond acceptors (Lipinski definition) is 4. The summed E-state index contributed by atoms with van der Waals surface area (Å²) in [7, 11) is -1.65. The lowest BCUT2D eigenvalue weighted by molar-refractivity contribution is 0.158. The van der Waals surface area contributed by atoms with Gasteiger partial charge in [-0.3, -0.25) is 4.90 Å². The lowest BCUT2D eigenvalue weighted by Crippen LogP contribution is -2.34. The molecule has 3 atom stereocenters. The second-order valence-corrected chi connectivity index (χ2v) is 10.1. The zero-order valence-electron chi connectivity index (χ0n) is 16.2. The smallest absolute Gasteiger partial charge is 0.178 e. The number of piperidine rings is 1. The van der Waals surface area contributed by atoms with E-state index >= 15 is 0 Å². The fourth-order valence-electron chi connectivity index (χ4n) is 4.69. The highest BCUT2D eigenvalue weighted by atomic mass is 32.2. The van der Waals surface area contributed by atoms with Crippen molar-refractivity contribution < 1.29 is 13.2 Å². The minimum atomic E-state index is -3.26. The number of nitrogens with zero attached hydrogens (tertiary/aromatic N) is 1. The topological polar surface area (TPSA) is 62.4 Å². The highest BCUT2D eigenvalue weighted by molar-refractivity contribution is 7.91. The Kier molecular flexibility index (Phi) is 4.80. The van der Waals surface area contributed by atoms with Gasteiger partial charge in [0.25, 0.3) is 0 Å². The second-order valence-electron chi connectivity index (χ2n) is 7.80. The molecule has 1 aliphatic heterocycles. The predicted molar refractivity (Wildman–Crippen MR) is 107 cm³/mol. The first kappa shape index (κ1) is 18.6. The van der Waals surface area contributed by atoms with Crippen molar-refractivity contribution in [2.24, 2.45) is 5.92 Å². The fourth-order valence-corrected chi connectivity index (χ4v) is 5.59. The Morgan fingerprint density at radius 2 is 2.07 bits per heavy atom. The second kappa shape index (κ2) is 6.99. The van der Waals surface area contributed by atoms with Crippen LogP contribution >= 0.6 is 0 Å². The summed E-state index contributed by atoms with van der Waals surface area (Å²) in [5.74, 6) is 1.62. The highest BCUT2D eigenvalue weighted by Gasteiger charge is 2.40. The van der Waals surface area contributed by atoms with Gasteiger partial charge in [0.2, 0.25) is 0 Å². The fraction of sp³-hybridized carbons (Fsp3) is 0.524. The Balaban J connectivity index is 1.65. The average Bonchev–Trinajstić information content (AvgIpc) is 3.43. The Morgan fingerprint density at radius 3 is 2.70 bits per heavy atom. The van der Waals surface area contributed by atoms with Crippen LogP contribution in [0.1, 0.15) is 44.8 Å². The summed E-state index contributed by atoms with van der Waals surface area (Å²) >= 11 is 0. The van der Waals surface area contributed by atoms with E-state index in [4.69, 9.17) is 4.74 Å². The van der Waals surface area contributed by atoms with E-state index < -0.39 is 9.84 Å². The molecule has 6 heteroatoms. The summed E-state index contributed by atoms with van der Waals surface area (Å²) in [6.45, 7) is 5.11. The van der Waals surface area contributed by atoms with Crippen LogP contribution in [-0.4, -0.2) is 43.8 Å². The molecule has 2 fully saturated rings. The highest BCUT2D eigenvalue weighted by Crippen LogP contribution is 2.42. The first-order valence-electron chi connectivity index (χ1n) is 9.78. The molecule has 0 radical (unpaired) electrons. The lowest BCUT2D eigenvalue weighted by Gasteiger charge is -2.32. The van der Waals surface area contributed by atoms with Gasteiger partial charge in [0.1, 0.15) is 5.75 Å². The van der Waals surface area contributed by atoms with Gasteiger partial charge >= 0.3 is 0 Å². The number of rotatable bonds is 6. The molecule has 0 spiro atoms. The number of likely N-dealkylation sites (tertiary alicyclic amines) is 1. The summed E-state index contributed by atoms with van der Waals surface area (Å²) in [6.07, 6.45) is 4.02. The standard InChI is InChI=1S/C21H28N2O3S/c1-4-27(24,25)17-7-10-21(26-3)18(12-17)20-9-8-19(22-20)14(2)23-13-15-5-6-16(23)11-15/h7-10,12,14-16,22H,4-6,11,13H2,1-3H3. The van der Waals surface area contributed by atoms with Gasteiger partial charge in [0.15, 0.2) is 9.84 Å². The third kappa shape index (κ3) is 3.29. The van der Waals surface area contributed by atoms with Gasteiger partial charge in [0.05, 0.1) is 17.8 Å². The van der Waals surface area contributed by atoms with Crippen LogP contribution in [0, 0.1) is 5.92 Å². The van der Waals surface area contributed by atoms with Crippen LogP contribution in [0.2, 0.25) is 0 Å². The molecule has 2 aliphatic rings. The lowest BCUT2D eigenvalue weighted by atomic mass is 10.1. The van der Waals surface area contributed by atoms with Gasteiger partial charge < -0.3 is 9.72 Å². The molecule has 1 saturated heterocycles. The van der Waals surface area contributed by atoms with Crippen LogP contribution in [0.5, 0.6) is 5.75 Å². The van der Waals surface area contributed by atoms with Crippen molar-refractivity contribution in [3.05, 3.63) is 36.0 Å². The molecule has 2 bridgehead atoms. The maximum absolute atomic E-state index is 12.3. The molecule has 3 unspecified atom stereocenters. The van der Waals surface area contributed by atoms with Crippen LogP contribution in [0.15, 0.2) is 35.2 Å². The van der Waals surface area contributed by atoms with Crippen LogP contribution < -0.4 is 4.74 Å². The summed E-state index contributed by atoms with van der Waals surface area (Å²) in [5, 5.41) is 0. The maximum Gasteiger partial charge on any atom is 0.178 e. The van der Waals surface area contributed by atoms with Gasteiger partial charge in [0, 0.05) is 35.6 Å². The van der Waals surface area contributed by atoms with Crippen LogP contribution in [0.3, 0.4) is 0 Å². The molecule has 2 heterocycles. The van der Waals surface area contributed by atoms with E-state index in [0.717, 1.165) is 17.2 Å². The summed E-state index contributed by atoms with van der Waals surface area (Å²) < 4.78 is 30.1. The molecular formula is C21H28N2O3S. The third-order valence-electron chi connectivity index (χ3n) is 6.31. The molecule has 0 amide bonds. The van der Waals surface area contributed by atoms with Crippen molar-refractivity contribution in [3.8, 4) is 17.0 Å². The largest absolute Gasteiger partial charge is 0.496 e. The minimum absolute atomic E-state index is 0.0866. The van der Waals surface area contributed by atoms with Crippen molar-refractivity contribution in [1.29, 1.82) is 0 Å². The number of sulfone groups is 1. The molecule has 5 nitrogen and oxygen atoms in total. The number of aromatic nitrogens is 1. The van der Waals surface area contributed by atoms with E-state index in [9.17, 15) is 8.42 Å². The first-order chi connectivity index (χ1) is 12.9. The maximum atomic E-state index is 12.3. The number of fused-ring (bicyclic) bond motifs is 2. The van der Waals surface area contributed by atoms with Gasteiger partial charge in [-0.25, -0.2) is 8.42 Å². The van der Waals surface area contributed by atoms with Crippen LogP contribution in [-0.2, 0) is 9.84 Å². The molecule has 1 aromatic carbocycles. The van der Waals surface area contributed by atoms with E-state index in [0.29, 0.717) is 22.7 Å². The Labute approximate surface area is 161 Å². The van der Waals surface area contributed by atoms with Crippen LogP contribution in [0.25, 0.3) is 11.3 Å². The third-order valence-corrected chi connectivity index (χ3v) is 8.04. The number of nitrogens with one attached hydrogen (secondary N) is 1. The Bertz CT molecular complexity index is 935. The Hall–Kier alpha value is -1.79.